The lowest BCUT2D eigenvalue weighted by atomic mass is 9.85. The van der Waals surface area contributed by atoms with Gasteiger partial charge in [-0.15, -0.1) is 0 Å². The number of likely N-dealkylation sites (tertiary alicyclic amines) is 1. The van der Waals surface area contributed by atoms with Crippen LogP contribution in [0.15, 0.2) is 28.8 Å². The molecule has 0 bridgehead atoms. The summed E-state index contributed by atoms with van der Waals surface area (Å²) in [6.07, 6.45) is 0.789. The van der Waals surface area contributed by atoms with Crippen LogP contribution in [0, 0.1) is 12.3 Å². The molecule has 1 aliphatic rings. The highest BCUT2D eigenvalue weighted by molar-refractivity contribution is 5.78. The van der Waals surface area contributed by atoms with E-state index < -0.39 is 11.4 Å². The highest BCUT2D eigenvalue weighted by Crippen LogP contribution is 2.31. The molecular weight excluding hydrogens is 372 g/mol. The molecule has 8 nitrogen and oxygen atoms in total. The average Bonchev–Trinajstić information content (AvgIpc) is 3.20. The zero-order valence-electron chi connectivity index (χ0n) is 17.3. The number of carbonyl (C=O) groups excluding carboxylic acids is 1. The second-order valence-electron chi connectivity index (χ2n) is 8.69. The van der Waals surface area contributed by atoms with Crippen LogP contribution in [0.1, 0.15) is 50.6 Å². The fourth-order valence-electron chi connectivity index (χ4n) is 3.77. The Morgan fingerprint density at radius 3 is 2.62 bits per heavy atom. The summed E-state index contributed by atoms with van der Waals surface area (Å²) < 4.78 is 5.50. The number of nitrogens with one attached hydrogen (secondary N) is 1. The van der Waals surface area contributed by atoms with E-state index in [1.54, 1.807) is 13.8 Å². The Morgan fingerprint density at radius 1 is 1.28 bits per heavy atom. The van der Waals surface area contributed by atoms with Crippen molar-refractivity contribution in [3.05, 3.63) is 35.7 Å². The maximum absolute atomic E-state index is 12.4. The molecule has 1 fully saturated rings. The fourth-order valence-corrected chi connectivity index (χ4v) is 3.77. The third-order valence-corrected chi connectivity index (χ3v) is 5.22. The lowest BCUT2D eigenvalue weighted by Crippen LogP contribution is -2.38. The van der Waals surface area contributed by atoms with E-state index in [-0.39, 0.29) is 30.8 Å². The molecular formula is C21H28N4O4. The molecule has 0 radical (unpaired) electrons. The van der Waals surface area contributed by atoms with E-state index in [0.717, 1.165) is 11.1 Å². The van der Waals surface area contributed by atoms with E-state index in [0.29, 0.717) is 24.7 Å². The molecule has 2 N–H and O–H groups in total. The number of carbonyl (C=O) groups is 2. The summed E-state index contributed by atoms with van der Waals surface area (Å²) in [5.41, 5.74) is 1.48. The zero-order chi connectivity index (χ0) is 21.2. The molecule has 1 aromatic heterocycles. The van der Waals surface area contributed by atoms with Crippen LogP contribution in [-0.2, 0) is 9.59 Å². The van der Waals surface area contributed by atoms with Crippen molar-refractivity contribution in [3.8, 4) is 11.4 Å². The van der Waals surface area contributed by atoms with Crippen LogP contribution in [0.5, 0.6) is 0 Å². The van der Waals surface area contributed by atoms with Crippen LogP contribution >= 0.6 is 0 Å². The number of hydrogen-bond donors (Lipinski definition) is 2. The Morgan fingerprint density at radius 2 is 1.97 bits per heavy atom. The van der Waals surface area contributed by atoms with Gasteiger partial charge in [0.05, 0.1) is 12.5 Å². The number of rotatable bonds is 7. The number of aromatic nitrogens is 2. The van der Waals surface area contributed by atoms with Gasteiger partial charge in [-0.05, 0) is 25.8 Å². The van der Waals surface area contributed by atoms with Crippen LogP contribution in [0.3, 0.4) is 0 Å². The van der Waals surface area contributed by atoms with Crippen LogP contribution in [-0.4, -0.2) is 51.7 Å². The monoisotopic (exact) mass is 400 g/mol. The van der Waals surface area contributed by atoms with Crippen molar-refractivity contribution in [2.45, 2.75) is 52.1 Å². The minimum absolute atomic E-state index is 0.0443. The van der Waals surface area contributed by atoms with Gasteiger partial charge in [0.25, 0.3) is 0 Å². The molecule has 1 amide bonds. The summed E-state index contributed by atoms with van der Waals surface area (Å²) in [6, 6.07) is 7.82. The average molecular weight is 400 g/mol. The lowest BCUT2D eigenvalue weighted by Gasteiger charge is -2.22. The molecule has 1 aliphatic heterocycles. The van der Waals surface area contributed by atoms with Gasteiger partial charge in [0.2, 0.25) is 17.6 Å². The molecule has 0 saturated carbocycles. The number of carboxylic acid groups (broad SMARTS) is 1. The summed E-state index contributed by atoms with van der Waals surface area (Å²) in [5.74, 6) is 0.0488. The number of nitrogens with zero attached hydrogens (tertiary/aromatic N) is 3. The second kappa shape index (κ2) is 8.32. The normalized spacial score (nSPS) is 20.0. The van der Waals surface area contributed by atoms with Crippen molar-refractivity contribution in [1.29, 1.82) is 0 Å². The molecule has 156 valence electrons. The largest absolute Gasteiger partial charge is 0.481 e. The van der Waals surface area contributed by atoms with Crippen LogP contribution < -0.4 is 5.32 Å². The SMILES string of the molecule is Cc1ccc(-c2noc(C3CC(NC(=O)CC(C)(C)CC(=O)O)CN3C)n2)cc1. The third-order valence-electron chi connectivity index (χ3n) is 5.22. The molecule has 3 rings (SSSR count). The first-order valence-corrected chi connectivity index (χ1v) is 9.75. The molecule has 8 heteroatoms. The Kier molecular flexibility index (Phi) is 6.02. The van der Waals surface area contributed by atoms with Gasteiger partial charge >= 0.3 is 5.97 Å². The van der Waals surface area contributed by atoms with E-state index in [1.807, 2.05) is 38.2 Å². The molecule has 2 atom stereocenters. The number of aryl methyl sites for hydroxylation is 1. The summed E-state index contributed by atoms with van der Waals surface area (Å²) in [4.78, 5) is 30.0. The molecule has 2 aromatic rings. The minimum atomic E-state index is -0.899. The summed E-state index contributed by atoms with van der Waals surface area (Å²) in [5, 5.41) is 16.1. The van der Waals surface area contributed by atoms with Crippen molar-refractivity contribution in [2.24, 2.45) is 5.41 Å². The molecule has 2 unspecified atom stereocenters. The number of benzene rings is 1. The molecule has 1 saturated heterocycles. The lowest BCUT2D eigenvalue weighted by molar-refractivity contribution is -0.139. The van der Waals surface area contributed by atoms with Gasteiger partial charge in [0.15, 0.2) is 0 Å². The number of hydrogen-bond acceptors (Lipinski definition) is 6. The van der Waals surface area contributed by atoms with Gasteiger partial charge in [-0.3, -0.25) is 14.5 Å². The van der Waals surface area contributed by atoms with E-state index in [9.17, 15) is 9.59 Å². The van der Waals surface area contributed by atoms with Crippen molar-refractivity contribution < 1.29 is 19.2 Å². The second-order valence-corrected chi connectivity index (χ2v) is 8.69. The summed E-state index contributed by atoms with van der Waals surface area (Å²) in [6.45, 7) is 6.26. The van der Waals surface area contributed by atoms with Crippen molar-refractivity contribution in [3.63, 3.8) is 0 Å². The van der Waals surface area contributed by atoms with Gasteiger partial charge in [0, 0.05) is 24.6 Å². The highest BCUT2D eigenvalue weighted by atomic mass is 16.5. The van der Waals surface area contributed by atoms with E-state index >= 15 is 0 Å². The molecule has 0 aliphatic carbocycles. The maximum atomic E-state index is 12.4. The van der Waals surface area contributed by atoms with Crippen LogP contribution in [0.4, 0.5) is 0 Å². The topological polar surface area (TPSA) is 109 Å². The molecule has 0 spiro atoms. The minimum Gasteiger partial charge on any atom is -0.481 e. The van der Waals surface area contributed by atoms with Crippen molar-refractivity contribution in [1.82, 2.24) is 20.4 Å². The number of amides is 1. The Labute approximate surface area is 170 Å². The number of likely N-dealkylation sites (N-methyl/N-ethyl adjacent to an activating group) is 1. The Hall–Kier alpha value is -2.74. The fraction of sp³-hybridized carbons (Fsp3) is 0.524. The van der Waals surface area contributed by atoms with E-state index in [4.69, 9.17) is 9.63 Å². The van der Waals surface area contributed by atoms with Gasteiger partial charge in [-0.1, -0.05) is 48.8 Å². The zero-order valence-corrected chi connectivity index (χ0v) is 17.3. The standard InChI is InChI=1S/C21H28N4O4/c1-13-5-7-14(8-6-13)19-23-20(29-24-19)16-9-15(12-25(16)4)22-17(26)10-21(2,3)11-18(27)28/h5-8,15-16H,9-12H2,1-4H3,(H,22,26)(H,27,28). The number of aliphatic carboxylic acids is 1. The van der Waals surface area contributed by atoms with Gasteiger partial charge < -0.3 is 14.9 Å². The quantitative estimate of drug-likeness (QED) is 0.735. The predicted molar refractivity (Wildman–Crippen MR) is 107 cm³/mol. The number of carboxylic acids is 1. The first-order chi connectivity index (χ1) is 13.6. The summed E-state index contributed by atoms with van der Waals surface area (Å²) >= 11 is 0. The van der Waals surface area contributed by atoms with E-state index in [1.165, 1.54) is 0 Å². The smallest absolute Gasteiger partial charge is 0.303 e. The van der Waals surface area contributed by atoms with E-state index in [2.05, 4.69) is 20.4 Å². The van der Waals surface area contributed by atoms with Crippen LogP contribution in [0.25, 0.3) is 11.4 Å². The first-order valence-electron chi connectivity index (χ1n) is 9.75. The predicted octanol–water partition coefficient (Wildman–Crippen LogP) is 2.80. The van der Waals surface area contributed by atoms with Gasteiger partial charge in [0.1, 0.15) is 0 Å². The molecule has 2 heterocycles. The first kappa shape index (κ1) is 21.0. The van der Waals surface area contributed by atoms with Crippen molar-refractivity contribution >= 4 is 11.9 Å². The van der Waals surface area contributed by atoms with Crippen LogP contribution in [0.2, 0.25) is 0 Å². The Bertz CT molecular complexity index is 875. The summed E-state index contributed by atoms with van der Waals surface area (Å²) in [7, 11) is 1.96. The molecule has 29 heavy (non-hydrogen) atoms. The van der Waals surface area contributed by atoms with Crippen molar-refractivity contribution in [2.75, 3.05) is 13.6 Å². The van der Waals surface area contributed by atoms with Gasteiger partial charge in [-0.2, -0.15) is 4.98 Å². The Balaban J connectivity index is 1.60. The van der Waals surface area contributed by atoms with Gasteiger partial charge in [-0.25, -0.2) is 0 Å². The molecule has 1 aromatic carbocycles. The highest BCUT2D eigenvalue weighted by Gasteiger charge is 2.36. The third kappa shape index (κ3) is 5.41. The maximum Gasteiger partial charge on any atom is 0.303 e.